The highest BCUT2D eigenvalue weighted by molar-refractivity contribution is 6.05. The van der Waals surface area contributed by atoms with Gasteiger partial charge in [-0.15, -0.1) is 0 Å². The topological polar surface area (TPSA) is 58.2 Å². The summed E-state index contributed by atoms with van der Waals surface area (Å²) >= 11 is 0. The van der Waals surface area contributed by atoms with Gasteiger partial charge in [0.15, 0.2) is 0 Å². The highest BCUT2D eigenvalue weighted by Gasteiger charge is 2.12. The Kier molecular flexibility index (Phi) is 6.22. The van der Waals surface area contributed by atoms with Crippen LogP contribution in [0.15, 0.2) is 72.8 Å². The van der Waals surface area contributed by atoms with Crippen LogP contribution in [-0.2, 0) is 13.0 Å². The van der Waals surface area contributed by atoms with Crippen LogP contribution < -0.4 is 10.6 Å². The largest absolute Gasteiger partial charge is 0.348 e. The van der Waals surface area contributed by atoms with Gasteiger partial charge in [0.25, 0.3) is 11.8 Å². The van der Waals surface area contributed by atoms with Crippen LogP contribution in [0.5, 0.6) is 0 Å². The number of benzene rings is 3. The Morgan fingerprint density at radius 1 is 0.786 bits per heavy atom. The van der Waals surface area contributed by atoms with Crippen LogP contribution in [0.2, 0.25) is 0 Å². The standard InChI is InChI=1S/C24H24N2O2/c1-3-19-11-7-8-17(2)22(19)26-24(28)21-14-12-20(13-15-21)23(27)25-16-18-9-5-4-6-10-18/h4-15H,3,16H2,1-2H3,(H,25,27)(H,26,28). The molecule has 0 unspecified atom stereocenters. The molecule has 0 aliphatic rings. The molecule has 28 heavy (non-hydrogen) atoms. The number of aryl methyl sites for hydroxylation is 2. The van der Waals surface area contributed by atoms with E-state index in [1.807, 2.05) is 55.5 Å². The predicted octanol–water partition coefficient (Wildman–Crippen LogP) is 4.74. The van der Waals surface area contributed by atoms with Crippen molar-refractivity contribution in [1.29, 1.82) is 0 Å². The molecule has 2 N–H and O–H groups in total. The third-order valence-corrected chi connectivity index (χ3v) is 4.68. The van der Waals surface area contributed by atoms with Gasteiger partial charge >= 0.3 is 0 Å². The zero-order chi connectivity index (χ0) is 19.9. The molecule has 0 bridgehead atoms. The molecule has 0 fully saturated rings. The minimum Gasteiger partial charge on any atom is -0.348 e. The van der Waals surface area contributed by atoms with E-state index in [4.69, 9.17) is 0 Å². The van der Waals surface area contributed by atoms with Gasteiger partial charge in [0.2, 0.25) is 0 Å². The van der Waals surface area contributed by atoms with E-state index < -0.39 is 0 Å². The molecule has 4 nitrogen and oxygen atoms in total. The van der Waals surface area contributed by atoms with Crippen molar-refractivity contribution in [3.63, 3.8) is 0 Å². The van der Waals surface area contributed by atoms with Crippen LogP contribution in [0.25, 0.3) is 0 Å². The summed E-state index contributed by atoms with van der Waals surface area (Å²) in [6.07, 6.45) is 0.845. The van der Waals surface area contributed by atoms with Crippen LogP contribution in [0, 0.1) is 6.92 Å². The molecule has 0 radical (unpaired) electrons. The number of rotatable bonds is 6. The third kappa shape index (κ3) is 4.65. The number of amides is 2. The summed E-state index contributed by atoms with van der Waals surface area (Å²) in [7, 11) is 0. The summed E-state index contributed by atoms with van der Waals surface area (Å²) in [5, 5.41) is 5.89. The van der Waals surface area contributed by atoms with Crippen LogP contribution in [0.4, 0.5) is 5.69 Å². The van der Waals surface area contributed by atoms with Crippen molar-refractivity contribution in [2.24, 2.45) is 0 Å². The Labute approximate surface area is 165 Å². The Bertz CT molecular complexity index is 964. The first-order valence-corrected chi connectivity index (χ1v) is 9.40. The molecule has 4 heteroatoms. The number of hydrogen-bond donors (Lipinski definition) is 2. The number of para-hydroxylation sites is 1. The molecule has 3 rings (SSSR count). The van der Waals surface area contributed by atoms with Gasteiger partial charge in [-0.3, -0.25) is 9.59 Å². The van der Waals surface area contributed by atoms with E-state index in [0.29, 0.717) is 17.7 Å². The van der Waals surface area contributed by atoms with Crippen LogP contribution in [-0.4, -0.2) is 11.8 Å². The molecular formula is C24H24N2O2. The number of nitrogens with one attached hydrogen (secondary N) is 2. The third-order valence-electron chi connectivity index (χ3n) is 4.68. The summed E-state index contributed by atoms with van der Waals surface area (Å²) in [5.74, 6) is -0.344. The molecule has 3 aromatic rings. The molecule has 0 atom stereocenters. The first kappa shape index (κ1) is 19.4. The lowest BCUT2D eigenvalue weighted by atomic mass is 10.0. The van der Waals surface area contributed by atoms with Crippen molar-refractivity contribution in [1.82, 2.24) is 5.32 Å². The molecule has 0 saturated heterocycles. The Balaban J connectivity index is 1.65. The van der Waals surface area contributed by atoms with Crippen LogP contribution in [0.3, 0.4) is 0 Å². The molecule has 0 aliphatic heterocycles. The molecule has 3 aromatic carbocycles. The summed E-state index contributed by atoms with van der Waals surface area (Å²) < 4.78 is 0. The lowest BCUT2D eigenvalue weighted by Crippen LogP contribution is -2.23. The van der Waals surface area contributed by atoms with Crippen molar-refractivity contribution in [3.05, 3.63) is 101 Å². The maximum Gasteiger partial charge on any atom is 0.255 e. The number of anilines is 1. The Hall–Kier alpha value is -3.40. The monoisotopic (exact) mass is 372 g/mol. The Morgan fingerprint density at radius 3 is 2.07 bits per heavy atom. The average Bonchev–Trinajstić information content (AvgIpc) is 2.74. The molecule has 0 aromatic heterocycles. The SMILES string of the molecule is CCc1cccc(C)c1NC(=O)c1ccc(C(=O)NCc2ccccc2)cc1. The first-order chi connectivity index (χ1) is 13.6. The zero-order valence-corrected chi connectivity index (χ0v) is 16.2. The fourth-order valence-corrected chi connectivity index (χ4v) is 3.04. The number of carbonyl (C=O) groups excluding carboxylic acids is 2. The maximum atomic E-state index is 12.6. The normalized spacial score (nSPS) is 10.4. The quantitative estimate of drug-likeness (QED) is 0.657. The van der Waals surface area contributed by atoms with Gasteiger partial charge in [-0.25, -0.2) is 0 Å². The van der Waals surface area contributed by atoms with Crippen molar-refractivity contribution < 1.29 is 9.59 Å². The van der Waals surface area contributed by atoms with E-state index in [-0.39, 0.29) is 11.8 Å². The van der Waals surface area contributed by atoms with Gasteiger partial charge in [-0.05, 0) is 54.3 Å². The van der Waals surface area contributed by atoms with Gasteiger partial charge < -0.3 is 10.6 Å². The molecule has 0 saturated carbocycles. The van der Waals surface area contributed by atoms with Crippen molar-refractivity contribution in [2.45, 2.75) is 26.8 Å². The Morgan fingerprint density at radius 2 is 1.43 bits per heavy atom. The summed E-state index contributed by atoms with van der Waals surface area (Å²) in [6, 6.07) is 22.4. The molecule has 0 heterocycles. The van der Waals surface area contributed by atoms with E-state index >= 15 is 0 Å². The van der Waals surface area contributed by atoms with Crippen molar-refractivity contribution in [3.8, 4) is 0 Å². The highest BCUT2D eigenvalue weighted by Crippen LogP contribution is 2.22. The van der Waals surface area contributed by atoms with Gasteiger partial charge in [-0.2, -0.15) is 0 Å². The minimum absolute atomic E-state index is 0.164. The van der Waals surface area contributed by atoms with E-state index in [1.54, 1.807) is 24.3 Å². The molecule has 2 amide bonds. The fourth-order valence-electron chi connectivity index (χ4n) is 3.04. The second-order valence-corrected chi connectivity index (χ2v) is 6.66. The predicted molar refractivity (Wildman–Crippen MR) is 113 cm³/mol. The lowest BCUT2D eigenvalue weighted by Gasteiger charge is -2.13. The summed E-state index contributed by atoms with van der Waals surface area (Å²) in [6.45, 7) is 4.51. The smallest absolute Gasteiger partial charge is 0.255 e. The number of hydrogen-bond acceptors (Lipinski definition) is 2. The van der Waals surface area contributed by atoms with Crippen LogP contribution >= 0.6 is 0 Å². The van der Waals surface area contributed by atoms with Crippen LogP contribution in [0.1, 0.15) is 44.3 Å². The van der Waals surface area contributed by atoms with E-state index in [1.165, 1.54) is 0 Å². The zero-order valence-electron chi connectivity index (χ0n) is 16.2. The fraction of sp³-hybridized carbons (Fsp3) is 0.167. The maximum absolute atomic E-state index is 12.6. The van der Waals surface area contributed by atoms with E-state index in [9.17, 15) is 9.59 Å². The summed E-state index contributed by atoms with van der Waals surface area (Å²) in [5.41, 5.74) is 5.08. The molecular weight excluding hydrogens is 348 g/mol. The second-order valence-electron chi connectivity index (χ2n) is 6.66. The van der Waals surface area contributed by atoms with Gasteiger partial charge in [0.05, 0.1) is 0 Å². The van der Waals surface area contributed by atoms with Gasteiger partial charge in [0.1, 0.15) is 0 Å². The highest BCUT2D eigenvalue weighted by atomic mass is 16.2. The van der Waals surface area contributed by atoms with Crippen molar-refractivity contribution >= 4 is 17.5 Å². The molecule has 0 aliphatic carbocycles. The lowest BCUT2D eigenvalue weighted by molar-refractivity contribution is 0.0949. The number of carbonyl (C=O) groups is 2. The second kappa shape index (κ2) is 9.00. The average molecular weight is 372 g/mol. The van der Waals surface area contributed by atoms with E-state index in [0.717, 1.165) is 28.8 Å². The molecule has 0 spiro atoms. The first-order valence-electron chi connectivity index (χ1n) is 9.40. The van der Waals surface area contributed by atoms with Gasteiger partial charge in [0, 0.05) is 23.4 Å². The minimum atomic E-state index is -0.180. The summed E-state index contributed by atoms with van der Waals surface area (Å²) in [4.78, 5) is 24.9. The van der Waals surface area contributed by atoms with Gasteiger partial charge in [-0.1, -0.05) is 55.5 Å². The molecule has 142 valence electrons. The van der Waals surface area contributed by atoms with E-state index in [2.05, 4.69) is 17.6 Å². The van der Waals surface area contributed by atoms with Crippen molar-refractivity contribution in [2.75, 3.05) is 5.32 Å².